The lowest BCUT2D eigenvalue weighted by atomic mass is 10.00. The van der Waals surface area contributed by atoms with Gasteiger partial charge in [0.25, 0.3) is 0 Å². The van der Waals surface area contributed by atoms with E-state index in [2.05, 4.69) is 9.26 Å². The molecular formula is C6H13O9P. The molecular weight excluding hydrogens is 247 g/mol. The summed E-state index contributed by atoms with van der Waals surface area (Å²) in [5.74, 6) is 0. The number of hydrogen-bond donors (Lipinski definition) is 6. The van der Waals surface area contributed by atoms with Gasteiger partial charge in [-0.1, -0.05) is 0 Å². The van der Waals surface area contributed by atoms with Gasteiger partial charge in [0.05, 0.1) is 6.61 Å². The minimum atomic E-state index is -4.73. The van der Waals surface area contributed by atoms with Gasteiger partial charge in [-0.15, -0.1) is 0 Å². The van der Waals surface area contributed by atoms with Crippen LogP contribution in [0.3, 0.4) is 0 Å². The summed E-state index contributed by atoms with van der Waals surface area (Å²) in [5, 5.41) is 36.7. The molecule has 0 spiro atoms. The molecule has 0 radical (unpaired) electrons. The van der Waals surface area contributed by atoms with Gasteiger partial charge in [-0.25, -0.2) is 4.57 Å². The van der Waals surface area contributed by atoms with E-state index < -0.39 is 45.1 Å². The van der Waals surface area contributed by atoms with Crippen LogP contribution in [0.1, 0.15) is 0 Å². The van der Waals surface area contributed by atoms with Gasteiger partial charge < -0.3 is 34.9 Å². The molecule has 1 fully saturated rings. The topological polar surface area (TPSA) is 157 Å². The Morgan fingerprint density at radius 2 is 1.62 bits per heavy atom. The Kier molecular flexibility index (Phi) is 4.41. The maximum Gasteiger partial charge on any atom is 0.469 e. The van der Waals surface area contributed by atoms with Crippen LogP contribution in [-0.4, -0.2) is 67.5 Å². The van der Waals surface area contributed by atoms with Crippen LogP contribution < -0.4 is 0 Å². The third-order valence-electron chi connectivity index (χ3n) is 2.09. The minimum absolute atomic E-state index is 0.730. The number of phosphoric ester groups is 1. The molecule has 96 valence electrons. The van der Waals surface area contributed by atoms with Gasteiger partial charge in [0.15, 0.2) is 6.29 Å². The average molecular weight is 260 g/mol. The van der Waals surface area contributed by atoms with E-state index in [0.717, 1.165) is 0 Å². The molecule has 5 atom stereocenters. The van der Waals surface area contributed by atoms with Crippen molar-refractivity contribution < 1.29 is 44.0 Å². The predicted molar refractivity (Wildman–Crippen MR) is 46.9 cm³/mol. The van der Waals surface area contributed by atoms with Crippen LogP contribution in [0, 0.1) is 0 Å². The van der Waals surface area contributed by atoms with E-state index in [4.69, 9.17) is 20.0 Å². The largest absolute Gasteiger partial charge is 0.469 e. The van der Waals surface area contributed by atoms with Crippen molar-refractivity contribution in [2.45, 2.75) is 30.7 Å². The number of hydrogen-bond acceptors (Lipinski definition) is 7. The number of rotatable bonds is 3. The highest BCUT2D eigenvalue weighted by atomic mass is 31.2. The highest BCUT2D eigenvalue weighted by Gasteiger charge is 2.43. The molecule has 1 aliphatic heterocycles. The molecule has 10 heteroatoms. The van der Waals surface area contributed by atoms with Crippen LogP contribution in [0.15, 0.2) is 0 Å². The van der Waals surface area contributed by atoms with Gasteiger partial charge in [0.1, 0.15) is 24.4 Å². The smallest absolute Gasteiger partial charge is 0.387 e. The second kappa shape index (κ2) is 5.05. The molecule has 0 aromatic rings. The van der Waals surface area contributed by atoms with Gasteiger partial charge in [-0.05, 0) is 0 Å². The molecule has 1 rings (SSSR count). The zero-order chi connectivity index (χ0) is 12.5. The summed E-state index contributed by atoms with van der Waals surface area (Å²) in [6.45, 7) is -0.730. The van der Waals surface area contributed by atoms with E-state index in [0.29, 0.717) is 0 Å². The molecule has 0 saturated carbocycles. The highest BCUT2D eigenvalue weighted by Crippen LogP contribution is 2.36. The molecule has 6 N–H and O–H groups in total. The molecule has 0 amide bonds. The summed E-state index contributed by atoms with van der Waals surface area (Å²) in [4.78, 5) is 16.8. The maximum absolute atomic E-state index is 10.4. The molecule has 0 aliphatic carbocycles. The lowest BCUT2D eigenvalue weighted by Crippen LogP contribution is -2.58. The first-order chi connectivity index (χ1) is 7.22. The van der Waals surface area contributed by atoms with Crippen molar-refractivity contribution in [2.24, 2.45) is 0 Å². The van der Waals surface area contributed by atoms with E-state index in [1.807, 2.05) is 0 Å². The lowest BCUT2D eigenvalue weighted by Gasteiger charge is -2.38. The molecule has 1 heterocycles. The van der Waals surface area contributed by atoms with E-state index in [1.165, 1.54) is 0 Å². The van der Waals surface area contributed by atoms with Crippen molar-refractivity contribution in [1.29, 1.82) is 0 Å². The summed E-state index contributed by atoms with van der Waals surface area (Å²) >= 11 is 0. The summed E-state index contributed by atoms with van der Waals surface area (Å²) < 4.78 is 19.0. The van der Waals surface area contributed by atoms with Crippen molar-refractivity contribution in [3.8, 4) is 0 Å². The van der Waals surface area contributed by atoms with E-state index in [1.54, 1.807) is 0 Å². The van der Waals surface area contributed by atoms with Gasteiger partial charge in [0, 0.05) is 0 Å². The van der Waals surface area contributed by atoms with Crippen LogP contribution in [-0.2, 0) is 13.8 Å². The molecule has 1 aliphatic rings. The summed E-state index contributed by atoms with van der Waals surface area (Å²) in [5.41, 5.74) is 0. The SMILES string of the molecule is O=P(O)(O)OCC1O[C@@H](O)C(O)[C@H](O)[C@@H]1O. The van der Waals surface area contributed by atoms with Gasteiger partial charge in [-0.3, -0.25) is 4.52 Å². The lowest BCUT2D eigenvalue weighted by molar-refractivity contribution is -0.285. The molecule has 1 saturated heterocycles. The van der Waals surface area contributed by atoms with Crippen molar-refractivity contribution in [2.75, 3.05) is 6.61 Å². The van der Waals surface area contributed by atoms with Crippen molar-refractivity contribution >= 4 is 7.82 Å². The molecule has 16 heavy (non-hydrogen) atoms. The highest BCUT2D eigenvalue weighted by molar-refractivity contribution is 7.46. The fraction of sp³-hybridized carbons (Fsp3) is 1.00. The molecule has 2 unspecified atom stereocenters. The van der Waals surface area contributed by atoms with Crippen LogP contribution in [0.2, 0.25) is 0 Å². The van der Waals surface area contributed by atoms with Gasteiger partial charge in [-0.2, -0.15) is 0 Å². The van der Waals surface area contributed by atoms with Crippen LogP contribution >= 0.6 is 7.82 Å². The first-order valence-corrected chi connectivity index (χ1v) is 5.83. The predicted octanol–water partition coefficient (Wildman–Crippen LogP) is -3.10. The molecule has 9 nitrogen and oxygen atoms in total. The Hall–Kier alpha value is -0.0900. The van der Waals surface area contributed by atoms with E-state index in [9.17, 15) is 14.8 Å². The average Bonchev–Trinajstić information content (AvgIpc) is 2.17. The third-order valence-corrected chi connectivity index (χ3v) is 2.58. The van der Waals surface area contributed by atoms with Gasteiger partial charge >= 0.3 is 7.82 Å². The Morgan fingerprint density at radius 3 is 2.12 bits per heavy atom. The second-order valence-electron chi connectivity index (χ2n) is 3.32. The zero-order valence-electron chi connectivity index (χ0n) is 7.95. The van der Waals surface area contributed by atoms with E-state index >= 15 is 0 Å². The number of ether oxygens (including phenoxy) is 1. The first-order valence-electron chi connectivity index (χ1n) is 4.30. The summed E-state index contributed by atoms with van der Waals surface area (Å²) in [7, 11) is -4.73. The van der Waals surface area contributed by atoms with Crippen LogP contribution in [0.4, 0.5) is 0 Å². The Balaban J connectivity index is 2.57. The van der Waals surface area contributed by atoms with Crippen molar-refractivity contribution in [3.63, 3.8) is 0 Å². The Labute approximate surface area is 90.1 Å². The normalized spacial score (nSPS) is 41.0. The second-order valence-corrected chi connectivity index (χ2v) is 4.56. The molecule has 0 aromatic carbocycles. The summed E-state index contributed by atoms with van der Waals surface area (Å²) in [6.07, 6.45) is -8.11. The van der Waals surface area contributed by atoms with Crippen molar-refractivity contribution in [3.05, 3.63) is 0 Å². The Morgan fingerprint density at radius 1 is 1.06 bits per heavy atom. The van der Waals surface area contributed by atoms with Crippen molar-refractivity contribution in [1.82, 2.24) is 0 Å². The zero-order valence-corrected chi connectivity index (χ0v) is 8.84. The fourth-order valence-corrected chi connectivity index (χ4v) is 1.58. The number of phosphoric acid groups is 1. The maximum atomic E-state index is 10.4. The quantitative estimate of drug-likeness (QED) is 0.289. The molecule has 0 aromatic heterocycles. The monoisotopic (exact) mass is 260 g/mol. The number of aliphatic hydroxyl groups is 4. The number of aliphatic hydroxyl groups excluding tert-OH is 4. The molecule has 0 bridgehead atoms. The van der Waals surface area contributed by atoms with Crippen LogP contribution in [0.5, 0.6) is 0 Å². The Bertz CT molecular complexity index is 277. The first kappa shape index (κ1) is 14.0. The van der Waals surface area contributed by atoms with Gasteiger partial charge in [0.2, 0.25) is 0 Å². The third kappa shape index (κ3) is 3.45. The standard InChI is InChI=1S/C6H13O9P/c7-3-2(1-14-16(11,12)13)15-6(10)5(9)4(3)8/h2-10H,1H2,(H2,11,12,13)/t2?,3-,4-,5?,6-/m1/s1. The van der Waals surface area contributed by atoms with E-state index in [-0.39, 0.29) is 0 Å². The minimum Gasteiger partial charge on any atom is -0.387 e. The summed E-state index contributed by atoms with van der Waals surface area (Å²) in [6, 6.07) is 0. The fourth-order valence-electron chi connectivity index (χ4n) is 1.24. The van der Waals surface area contributed by atoms with Crippen LogP contribution in [0.25, 0.3) is 0 Å².